The largest absolute Gasteiger partial charge is 0.497 e. The van der Waals surface area contributed by atoms with E-state index in [0.717, 1.165) is 18.6 Å². The lowest BCUT2D eigenvalue weighted by Crippen LogP contribution is -2.33. The Morgan fingerprint density at radius 3 is 3.06 bits per heavy atom. The number of amides is 1. The monoisotopic (exact) mass is 234 g/mol. The molecule has 0 aliphatic heterocycles. The Morgan fingerprint density at radius 1 is 1.53 bits per heavy atom. The third-order valence-corrected chi connectivity index (χ3v) is 3.22. The van der Waals surface area contributed by atoms with Crippen LogP contribution in [0.5, 0.6) is 5.75 Å². The minimum absolute atomic E-state index is 0.0151. The molecule has 1 aliphatic carbocycles. The van der Waals surface area contributed by atoms with Gasteiger partial charge >= 0.3 is 0 Å². The zero-order chi connectivity index (χ0) is 12.3. The Balaban J connectivity index is 2.07. The molecule has 0 bridgehead atoms. The standard InChI is InChI=1S/C13H18N2O2/c1-14-13(16)8-15-12-6-4-9-3-5-10(17-2)7-11(9)12/h3,5,7,12,15H,4,6,8H2,1-2H3,(H,14,16). The van der Waals surface area contributed by atoms with E-state index in [0.29, 0.717) is 6.54 Å². The number of carbonyl (C=O) groups is 1. The van der Waals surface area contributed by atoms with E-state index in [2.05, 4.69) is 22.8 Å². The topological polar surface area (TPSA) is 50.4 Å². The average Bonchev–Trinajstić information content (AvgIpc) is 2.78. The van der Waals surface area contributed by atoms with Gasteiger partial charge < -0.3 is 15.4 Å². The van der Waals surface area contributed by atoms with Crippen molar-refractivity contribution in [3.8, 4) is 5.75 Å². The van der Waals surface area contributed by atoms with Gasteiger partial charge in [-0.15, -0.1) is 0 Å². The summed E-state index contributed by atoms with van der Waals surface area (Å²) in [6.07, 6.45) is 2.10. The van der Waals surface area contributed by atoms with E-state index in [1.807, 2.05) is 6.07 Å². The first-order valence-electron chi connectivity index (χ1n) is 5.85. The fourth-order valence-electron chi connectivity index (χ4n) is 2.22. The minimum Gasteiger partial charge on any atom is -0.497 e. The van der Waals surface area contributed by atoms with Crippen LogP contribution in [0.3, 0.4) is 0 Å². The molecule has 4 nitrogen and oxygen atoms in total. The molecular formula is C13H18N2O2. The van der Waals surface area contributed by atoms with Crippen molar-refractivity contribution in [3.63, 3.8) is 0 Å². The van der Waals surface area contributed by atoms with Gasteiger partial charge in [0.2, 0.25) is 5.91 Å². The number of benzene rings is 1. The Labute approximate surface area is 101 Å². The highest BCUT2D eigenvalue weighted by Gasteiger charge is 2.22. The van der Waals surface area contributed by atoms with Gasteiger partial charge in [0.1, 0.15) is 5.75 Å². The summed E-state index contributed by atoms with van der Waals surface area (Å²) in [4.78, 5) is 11.2. The van der Waals surface area contributed by atoms with Crippen LogP contribution in [0.2, 0.25) is 0 Å². The summed E-state index contributed by atoms with van der Waals surface area (Å²) in [6.45, 7) is 0.359. The third kappa shape index (κ3) is 2.58. The van der Waals surface area contributed by atoms with E-state index in [9.17, 15) is 4.79 Å². The first kappa shape index (κ1) is 11.9. The van der Waals surface area contributed by atoms with Gasteiger partial charge in [-0.05, 0) is 36.1 Å². The van der Waals surface area contributed by atoms with Crippen LogP contribution in [-0.4, -0.2) is 26.6 Å². The van der Waals surface area contributed by atoms with Crippen molar-refractivity contribution in [1.29, 1.82) is 0 Å². The van der Waals surface area contributed by atoms with Crippen LogP contribution >= 0.6 is 0 Å². The normalized spacial score (nSPS) is 17.6. The van der Waals surface area contributed by atoms with Crippen LogP contribution in [0.4, 0.5) is 0 Å². The maximum Gasteiger partial charge on any atom is 0.233 e. The highest BCUT2D eigenvalue weighted by Crippen LogP contribution is 2.33. The smallest absolute Gasteiger partial charge is 0.233 e. The molecule has 1 atom stereocenters. The van der Waals surface area contributed by atoms with Gasteiger partial charge in [0, 0.05) is 13.1 Å². The van der Waals surface area contributed by atoms with Crippen molar-refractivity contribution in [3.05, 3.63) is 29.3 Å². The average molecular weight is 234 g/mol. The number of hydrogen-bond donors (Lipinski definition) is 2. The number of rotatable bonds is 4. The van der Waals surface area contributed by atoms with Crippen LogP contribution < -0.4 is 15.4 Å². The van der Waals surface area contributed by atoms with Crippen LogP contribution in [0.25, 0.3) is 0 Å². The molecule has 1 aliphatic rings. The molecule has 0 fully saturated rings. The first-order chi connectivity index (χ1) is 8.24. The fraction of sp³-hybridized carbons (Fsp3) is 0.462. The van der Waals surface area contributed by atoms with Gasteiger partial charge in [0.05, 0.1) is 13.7 Å². The number of aryl methyl sites for hydroxylation is 1. The molecule has 2 rings (SSSR count). The van der Waals surface area contributed by atoms with Crippen LogP contribution in [0.1, 0.15) is 23.6 Å². The van der Waals surface area contributed by atoms with E-state index in [1.165, 1.54) is 11.1 Å². The zero-order valence-corrected chi connectivity index (χ0v) is 10.2. The predicted octanol–water partition coefficient (Wildman–Crippen LogP) is 1.02. The lowest BCUT2D eigenvalue weighted by molar-refractivity contribution is -0.119. The molecule has 1 amide bonds. The molecule has 0 saturated heterocycles. The minimum atomic E-state index is 0.0151. The van der Waals surface area contributed by atoms with Crippen molar-refractivity contribution in [2.24, 2.45) is 0 Å². The highest BCUT2D eigenvalue weighted by molar-refractivity contribution is 5.77. The lowest BCUT2D eigenvalue weighted by Gasteiger charge is -2.14. The predicted molar refractivity (Wildman–Crippen MR) is 66.1 cm³/mol. The van der Waals surface area contributed by atoms with Crippen LogP contribution in [0, 0.1) is 0 Å². The number of methoxy groups -OCH3 is 1. The van der Waals surface area contributed by atoms with E-state index in [-0.39, 0.29) is 11.9 Å². The summed E-state index contributed by atoms with van der Waals surface area (Å²) in [5.74, 6) is 0.888. The molecule has 0 aromatic heterocycles. The Hall–Kier alpha value is -1.55. The molecule has 92 valence electrons. The maximum absolute atomic E-state index is 11.2. The highest BCUT2D eigenvalue weighted by atomic mass is 16.5. The Kier molecular flexibility index (Phi) is 3.64. The first-order valence-corrected chi connectivity index (χ1v) is 5.85. The van der Waals surface area contributed by atoms with Crippen molar-refractivity contribution in [2.75, 3.05) is 20.7 Å². The lowest BCUT2D eigenvalue weighted by atomic mass is 10.1. The van der Waals surface area contributed by atoms with E-state index in [1.54, 1.807) is 14.2 Å². The molecule has 1 aromatic carbocycles. The molecule has 0 heterocycles. The Morgan fingerprint density at radius 2 is 2.35 bits per heavy atom. The fourth-order valence-corrected chi connectivity index (χ4v) is 2.22. The van der Waals surface area contributed by atoms with Crippen molar-refractivity contribution in [2.45, 2.75) is 18.9 Å². The van der Waals surface area contributed by atoms with E-state index >= 15 is 0 Å². The number of nitrogens with one attached hydrogen (secondary N) is 2. The van der Waals surface area contributed by atoms with Gasteiger partial charge in [-0.2, -0.15) is 0 Å². The molecule has 1 aromatic rings. The number of ether oxygens (including phenoxy) is 1. The molecule has 17 heavy (non-hydrogen) atoms. The number of carbonyl (C=O) groups excluding carboxylic acids is 1. The number of fused-ring (bicyclic) bond motifs is 1. The molecule has 1 unspecified atom stereocenters. The van der Waals surface area contributed by atoms with Gasteiger partial charge in [-0.1, -0.05) is 6.07 Å². The molecule has 0 saturated carbocycles. The van der Waals surface area contributed by atoms with E-state index in [4.69, 9.17) is 4.74 Å². The van der Waals surface area contributed by atoms with Gasteiger partial charge in [0.25, 0.3) is 0 Å². The van der Waals surface area contributed by atoms with Crippen LogP contribution in [-0.2, 0) is 11.2 Å². The summed E-state index contributed by atoms with van der Waals surface area (Å²) >= 11 is 0. The van der Waals surface area contributed by atoms with Gasteiger partial charge in [-0.25, -0.2) is 0 Å². The number of likely N-dealkylation sites (N-methyl/N-ethyl adjacent to an activating group) is 1. The molecule has 0 radical (unpaired) electrons. The van der Waals surface area contributed by atoms with Gasteiger partial charge in [0.15, 0.2) is 0 Å². The maximum atomic E-state index is 11.2. The zero-order valence-electron chi connectivity index (χ0n) is 10.2. The molecule has 4 heteroatoms. The van der Waals surface area contributed by atoms with Crippen LogP contribution in [0.15, 0.2) is 18.2 Å². The molecular weight excluding hydrogens is 216 g/mol. The summed E-state index contributed by atoms with van der Waals surface area (Å²) in [5.41, 5.74) is 2.61. The number of hydrogen-bond acceptors (Lipinski definition) is 3. The molecule has 2 N–H and O–H groups in total. The Bertz CT molecular complexity index is 418. The SMILES string of the molecule is CNC(=O)CNC1CCc2ccc(OC)cc21. The molecule has 0 spiro atoms. The van der Waals surface area contributed by atoms with Crippen molar-refractivity contribution in [1.82, 2.24) is 10.6 Å². The van der Waals surface area contributed by atoms with Crippen molar-refractivity contribution >= 4 is 5.91 Å². The second kappa shape index (κ2) is 5.19. The van der Waals surface area contributed by atoms with E-state index < -0.39 is 0 Å². The summed E-state index contributed by atoms with van der Waals surface area (Å²) in [6, 6.07) is 6.41. The second-order valence-corrected chi connectivity index (χ2v) is 4.21. The third-order valence-electron chi connectivity index (χ3n) is 3.22. The second-order valence-electron chi connectivity index (χ2n) is 4.21. The van der Waals surface area contributed by atoms with Gasteiger partial charge in [-0.3, -0.25) is 4.79 Å². The summed E-state index contributed by atoms with van der Waals surface area (Å²) in [5, 5.41) is 5.88. The summed E-state index contributed by atoms with van der Waals surface area (Å²) in [7, 11) is 3.32. The van der Waals surface area contributed by atoms with Crippen molar-refractivity contribution < 1.29 is 9.53 Å². The summed E-state index contributed by atoms with van der Waals surface area (Å²) < 4.78 is 5.23. The quantitative estimate of drug-likeness (QED) is 0.817.